The van der Waals surface area contributed by atoms with Gasteiger partial charge >= 0.3 is 0 Å². The van der Waals surface area contributed by atoms with E-state index in [4.69, 9.17) is 11.6 Å². The molecule has 0 aromatic heterocycles. The fraction of sp³-hybridized carbons (Fsp3) is 0.778. The van der Waals surface area contributed by atoms with Gasteiger partial charge in [-0.1, -0.05) is 24.6 Å². The number of hydrogen-bond acceptors (Lipinski definition) is 1. The Labute approximate surface area is 74.0 Å². The van der Waals surface area contributed by atoms with Gasteiger partial charge in [-0.3, -0.25) is 4.90 Å². The minimum absolute atomic E-state index is 0.922. The van der Waals surface area contributed by atoms with E-state index in [9.17, 15) is 0 Å². The molecule has 0 aliphatic carbocycles. The summed E-state index contributed by atoms with van der Waals surface area (Å²) >= 11 is 5.44. The fourth-order valence-electron chi connectivity index (χ4n) is 1.43. The molecule has 1 aliphatic rings. The standard InChI is InChI=1S/C9H16ClN/c1-9-3-7-11(8-4-9)6-2-5-10/h2,5,9H,3-4,6-8H2,1H3/b5-2+. The second kappa shape index (κ2) is 4.78. The molecule has 0 atom stereocenters. The number of nitrogens with zero attached hydrogens (tertiary/aromatic N) is 1. The first-order chi connectivity index (χ1) is 5.33. The third kappa shape index (κ3) is 3.26. The van der Waals surface area contributed by atoms with Gasteiger partial charge in [0.1, 0.15) is 0 Å². The summed E-state index contributed by atoms with van der Waals surface area (Å²) in [5.74, 6) is 0.922. The van der Waals surface area contributed by atoms with Gasteiger partial charge in [-0.05, 0) is 31.8 Å². The van der Waals surface area contributed by atoms with Gasteiger partial charge in [0.15, 0.2) is 0 Å². The predicted molar refractivity (Wildman–Crippen MR) is 49.8 cm³/mol. The molecule has 0 unspecified atom stereocenters. The monoisotopic (exact) mass is 173 g/mol. The molecular weight excluding hydrogens is 158 g/mol. The summed E-state index contributed by atoms with van der Waals surface area (Å²) in [6.45, 7) is 5.83. The van der Waals surface area contributed by atoms with Crippen molar-refractivity contribution < 1.29 is 0 Å². The van der Waals surface area contributed by atoms with Crippen LogP contribution in [-0.4, -0.2) is 24.5 Å². The Morgan fingerprint density at radius 2 is 2.09 bits per heavy atom. The van der Waals surface area contributed by atoms with Crippen LogP contribution in [0.4, 0.5) is 0 Å². The molecule has 0 radical (unpaired) electrons. The van der Waals surface area contributed by atoms with Crippen LogP contribution >= 0.6 is 11.6 Å². The van der Waals surface area contributed by atoms with E-state index in [1.54, 1.807) is 5.54 Å². The Balaban J connectivity index is 2.17. The highest BCUT2D eigenvalue weighted by Gasteiger charge is 2.13. The minimum atomic E-state index is 0.922. The molecular formula is C9H16ClN. The van der Waals surface area contributed by atoms with Gasteiger partial charge in [-0.15, -0.1) is 0 Å². The van der Waals surface area contributed by atoms with Crippen molar-refractivity contribution in [2.75, 3.05) is 19.6 Å². The van der Waals surface area contributed by atoms with Crippen LogP contribution in [0.2, 0.25) is 0 Å². The second-order valence-corrected chi connectivity index (χ2v) is 3.60. The van der Waals surface area contributed by atoms with Crippen LogP contribution in [0.3, 0.4) is 0 Å². The van der Waals surface area contributed by atoms with Crippen LogP contribution < -0.4 is 0 Å². The van der Waals surface area contributed by atoms with Crippen molar-refractivity contribution in [3.05, 3.63) is 11.6 Å². The third-order valence-corrected chi connectivity index (χ3v) is 2.51. The maximum absolute atomic E-state index is 5.44. The predicted octanol–water partition coefficient (Wildman–Crippen LogP) is 2.47. The zero-order chi connectivity index (χ0) is 8.10. The molecule has 1 fully saturated rings. The first kappa shape index (κ1) is 9.08. The van der Waals surface area contributed by atoms with Crippen LogP contribution in [0.1, 0.15) is 19.8 Å². The zero-order valence-corrected chi connectivity index (χ0v) is 7.85. The Morgan fingerprint density at radius 3 is 2.64 bits per heavy atom. The van der Waals surface area contributed by atoms with Gasteiger partial charge in [0.25, 0.3) is 0 Å². The van der Waals surface area contributed by atoms with Crippen LogP contribution in [0.15, 0.2) is 11.6 Å². The van der Waals surface area contributed by atoms with Crippen LogP contribution in [0.25, 0.3) is 0 Å². The summed E-state index contributed by atoms with van der Waals surface area (Å²) < 4.78 is 0. The number of rotatable bonds is 2. The summed E-state index contributed by atoms with van der Waals surface area (Å²) in [5, 5.41) is 0. The first-order valence-corrected chi connectivity index (χ1v) is 4.74. The van der Waals surface area contributed by atoms with Gasteiger partial charge in [0.05, 0.1) is 0 Å². The first-order valence-electron chi connectivity index (χ1n) is 4.30. The maximum atomic E-state index is 5.44. The van der Waals surface area contributed by atoms with E-state index in [0.717, 1.165) is 12.5 Å². The van der Waals surface area contributed by atoms with Crippen molar-refractivity contribution >= 4 is 11.6 Å². The van der Waals surface area contributed by atoms with Crippen LogP contribution in [-0.2, 0) is 0 Å². The number of piperidine rings is 1. The molecule has 11 heavy (non-hydrogen) atoms. The molecule has 0 bridgehead atoms. The lowest BCUT2D eigenvalue weighted by molar-refractivity contribution is 0.210. The molecule has 1 heterocycles. The third-order valence-electron chi connectivity index (χ3n) is 2.33. The molecule has 0 N–H and O–H groups in total. The quantitative estimate of drug-likeness (QED) is 0.620. The normalized spacial score (nSPS) is 23.1. The summed E-state index contributed by atoms with van der Waals surface area (Å²) in [6.07, 6.45) is 4.70. The van der Waals surface area contributed by atoms with E-state index in [2.05, 4.69) is 11.8 Å². The van der Waals surface area contributed by atoms with Crippen LogP contribution in [0, 0.1) is 5.92 Å². The zero-order valence-electron chi connectivity index (χ0n) is 7.09. The van der Waals surface area contributed by atoms with Crippen molar-refractivity contribution in [2.45, 2.75) is 19.8 Å². The Morgan fingerprint density at radius 1 is 1.45 bits per heavy atom. The van der Waals surface area contributed by atoms with E-state index in [1.807, 2.05) is 6.08 Å². The molecule has 0 aromatic rings. The molecule has 1 nitrogen and oxygen atoms in total. The highest BCUT2D eigenvalue weighted by atomic mass is 35.5. The molecule has 1 rings (SSSR count). The van der Waals surface area contributed by atoms with Crippen molar-refractivity contribution in [3.8, 4) is 0 Å². The average molecular weight is 174 g/mol. The largest absolute Gasteiger partial charge is 0.300 e. The van der Waals surface area contributed by atoms with Gasteiger partial charge in [-0.2, -0.15) is 0 Å². The summed E-state index contributed by atoms with van der Waals surface area (Å²) in [5.41, 5.74) is 1.61. The van der Waals surface area contributed by atoms with Gasteiger partial charge in [-0.25, -0.2) is 0 Å². The second-order valence-electron chi connectivity index (χ2n) is 3.34. The van der Waals surface area contributed by atoms with E-state index >= 15 is 0 Å². The molecule has 0 spiro atoms. The Bertz CT molecular complexity index is 126. The molecule has 0 aromatic carbocycles. The smallest absolute Gasteiger partial charge is 0.0174 e. The van der Waals surface area contributed by atoms with Crippen molar-refractivity contribution in [1.29, 1.82) is 0 Å². The highest BCUT2D eigenvalue weighted by molar-refractivity contribution is 6.25. The lowest BCUT2D eigenvalue weighted by atomic mass is 9.99. The summed E-state index contributed by atoms with van der Waals surface area (Å²) in [7, 11) is 0. The minimum Gasteiger partial charge on any atom is -0.300 e. The van der Waals surface area contributed by atoms with Crippen molar-refractivity contribution in [1.82, 2.24) is 4.90 Å². The average Bonchev–Trinajstić information content (AvgIpc) is 2.04. The maximum Gasteiger partial charge on any atom is 0.0174 e. The molecule has 0 saturated carbocycles. The van der Waals surface area contributed by atoms with Gasteiger partial charge in [0, 0.05) is 12.1 Å². The van der Waals surface area contributed by atoms with Gasteiger partial charge < -0.3 is 0 Å². The lowest BCUT2D eigenvalue weighted by Crippen LogP contribution is -2.32. The van der Waals surface area contributed by atoms with E-state index in [-0.39, 0.29) is 0 Å². The Kier molecular flexibility index (Phi) is 3.95. The lowest BCUT2D eigenvalue weighted by Gasteiger charge is -2.28. The fourth-order valence-corrected chi connectivity index (χ4v) is 1.51. The van der Waals surface area contributed by atoms with Crippen LogP contribution in [0.5, 0.6) is 0 Å². The molecule has 2 heteroatoms. The summed E-state index contributed by atoms with van der Waals surface area (Å²) in [4.78, 5) is 2.44. The number of hydrogen-bond donors (Lipinski definition) is 0. The SMILES string of the molecule is CC1CCN(C/C=C/Cl)CC1. The topological polar surface area (TPSA) is 3.24 Å². The highest BCUT2D eigenvalue weighted by Crippen LogP contribution is 2.15. The Hall–Kier alpha value is -0.0100. The molecule has 0 amide bonds. The van der Waals surface area contributed by atoms with Crippen molar-refractivity contribution in [2.24, 2.45) is 5.92 Å². The van der Waals surface area contributed by atoms with Gasteiger partial charge in [0.2, 0.25) is 0 Å². The van der Waals surface area contributed by atoms with E-state index in [1.165, 1.54) is 25.9 Å². The van der Waals surface area contributed by atoms with E-state index in [0.29, 0.717) is 0 Å². The number of halogens is 1. The molecule has 1 saturated heterocycles. The molecule has 1 aliphatic heterocycles. The number of likely N-dealkylation sites (tertiary alicyclic amines) is 1. The summed E-state index contributed by atoms with van der Waals surface area (Å²) in [6, 6.07) is 0. The van der Waals surface area contributed by atoms with E-state index < -0.39 is 0 Å². The molecule has 64 valence electrons. The van der Waals surface area contributed by atoms with Crippen molar-refractivity contribution in [3.63, 3.8) is 0 Å².